The Labute approximate surface area is 150 Å². The maximum atomic E-state index is 12.1. The first-order valence-corrected chi connectivity index (χ1v) is 10.2. The van der Waals surface area contributed by atoms with Gasteiger partial charge in [-0.05, 0) is 37.1 Å². The maximum Gasteiger partial charge on any atom is 0.352 e. The number of benzene rings is 1. The molecule has 6 nitrogen and oxygen atoms in total. The van der Waals surface area contributed by atoms with E-state index in [4.69, 9.17) is 15.4 Å². The van der Waals surface area contributed by atoms with E-state index in [1.54, 1.807) is 30.3 Å². The summed E-state index contributed by atoms with van der Waals surface area (Å²) in [6.45, 7) is 1.50. The molecular formula is C17H18ClNO5S. The van der Waals surface area contributed by atoms with E-state index in [-0.39, 0.29) is 11.3 Å². The maximum absolute atomic E-state index is 12.1. The van der Waals surface area contributed by atoms with Crippen LogP contribution < -0.4 is 4.74 Å². The smallest absolute Gasteiger partial charge is 0.352 e. The molecule has 1 heterocycles. The molecule has 1 unspecified atom stereocenters. The first kappa shape index (κ1) is 17.8. The minimum absolute atomic E-state index is 0.0349. The average Bonchev–Trinajstić information content (AvgIpc) is 3.09. The Morgan fingerprint density at radius 3 is 2.40 bits per heavy atom. The molecular weight excluding hydrogens is 366 g/mol. The number of halogens is 1. The normalized spacial score (nSPS) is 23.8. The largest absolute Gasteiger partial charge is 0.478 e. The van der Waals surface area contributed by atoms with Crippen molar-refractivity contribution in [3.05, 3.63) is 53.1 Å². The van der Waals surface area contributed by atoms with E-state index in [2.05, 4.69) is 0 Å². The Morgan fingerprint density at radius 1 is 1.20 bits per heavy atom. The summed E-state index contributed by atoms with van der Waals surface area (Å²) >= 11 is 0. The predicted molar refractivity (Wildman–Crippen MR) is 93.8 cm³/mol. The van der Waals surface area contributed by atoms with Gasteiger partial charge >= 0.3 is 5.97 Å². The zero-order valence-corrected chi connectivity index (χ0v) is 15.0. The Bertz CT molecular complexity index is 828. The van der Waals surface area contributed by atoms with Gasteiger partial charge < -0.3 is 14.7 Å². The van der Waals surface area contributed by atoms with E-state index in [9.17, 15) is 18.3 Å². The summed E-state index contributed by atoms with van der Waals surface area (Å²) in [6, 6.07) is 8.46. The van der Waals surface area contributed by atoms with Crippen LogP contribution in [0, 0.1) is 0 Å². The van der Waals surface area contributed by atoms with Crippen molar-refractivity contribution in [2.24, 2.45) is 0 Å². The lowest BCUT2D eigenvalue weighted by molar-refractivity contribution is -0.151. The van der Waals surface area contributed by atoms with Gasteiger partial charge in [-0.25, -0.2) is 13.2 Å². The number of carboxylic acid groups (broad SMARTS) is 1. The molecule has 3 rings (SSSR count). The first-order valence-electron chi connectivity index (χ1n) is 7.91. The number of para-hydroxylation sites is 1. The van der Waals surface area contributed by atoms with Crippen molar-refractivity contribution in [2.45, 2.75) is 24.9 Å². The summed E-state index contributed by atoms with van der Waals surface area (Å²) < 4.78 is 29.5. The van der Waals surface area contributed by atoms with Crippen molar-refractivity contribution in [3.63, 3.8) is 0 Å². The minimum atomic E-state index is -4.10. The highest BCUT2D eigenvalue weighted by atomic mass is 35.7. The van der Waals surface area contributed by atoms with E-state index >= 15 is 0 Å². The molecule has 0 spiro atoms. The molecule has 1 atom stereocenters. The monoisotopic (exact) mass is 383 g/mol. The van der Waals surface area contributed by atoms with Gasteiger partial charge in [0.25, 0.3) is 9.05 Å². The van der Waals surface area contributed by atoms with Crippen LogP contribution in [0.15, 0.2) is 53.1 Å². The third-order valence-electron chi connectivity index (χ3n) is 4.33. The zero-order valence-electron chi connectivity index (χ0n) is 13.4. The van der Waals surface area contributed by atoms with Crippen LogP contribution in [-0.2, 0) is 13.8 Å². The van der Waals surface area contributed by atoms with Gasteiger partial charge in [-0.15, -0.1) is 0 Å². The van der Waals surface area contributed by atoms with Crippen molar-refractivity contribution in [1.29, 1.82) is 0 Å². The lowest BCUT2D eigenvalue weighted by atomic mass is 9.92. The van der Waals surface area contributed by atoms with Gasteiger partial charge in [0.15, 0.2) is 0 Å². The molecule has 134 valence electrons. The second kappa shape index (κ2) is 6.72. The lowest BCUT2D eigenvalue weighted by Gasteiger charge is -2.34. The minimum Gasteiger partial charge on any atom is -0.478 e. The van der Waals surface area contributed by atoms with Crippen molar-refractivity contribution in [1.82, 2.24) is 4.90 Å². The molecule has 2 aliphatic rings. The van der Waals surface area contributed by atoms with Gasteiger partial charge in [-0.3, -0.25) is 0 Å². The summed E-state index contributed by atoms with van der Waals surface area (Å²) in [7, 11) is 1.41. The van der Waals surface area contributed by atoms with Crippen LogP contribution in [0.1, 0.15) is 19.3 Å². The third-order valence-corrected chi connectivity index (χ3v) is 5.66. The molecule has 1 aliphatic carbocycles. The topological polar surface area (TPSA) is 83.9 Å². The fourth-order valence-corrected chi connectivity index (χ4v) is 3.98. The highest BCUT2D eigenvalue weighted by Gasteiger charge is 2.45. The molecule has 1 aliphatic heterocycles. The summed E-state index contributed by atoms with van der Waals surface area (Å²) in [4.78, 5) is 13.8. The number of rotatable bonds is 5. The van der Waals surface area contributed by atoms with Gasteiger partial charge in [-0.2, -0.15) is 0 Å². The van der Waals surface area contributed by atoms with Gasteiger partial charge in [0.2, 0.25) is 5.60 Å². The highest BCUT2D eigenvalue weighted by Crippen LogP contribution is 2.36. The highest BCUT2D eigenvalue weighted by molar-refractivity contribution is 8.17. The fraction of sp³-hybridized carbons (Fsp3) is 0.353. The Kier molecular flexibility index (Phi) is 4.79. The van der Waals surface area contributed by atoms with Crippen LogP contribution in [0.25, 0.3) is 0 Å². The predicted octanol–water partition coefficient (Wildman–Crippen LogP) is 2.72. The van der Waals surface area contributed by atoms with E-state index in [1.807, 2.05) is 4.90 Å². The van der Waals surface area contributed by atoms with Crippen molar-refractivity contribution < 1.29 is 23.1 Å². The molecule has 1 aromatic rings. The number of carboxylic acids is 1. The van der Waals surface area contributed by atoms with E-state index in [1.165, 1.54) is 6.08 Å². The van der Waals surface area contributed by atoms with Crippen LogP contribution in [0.4, 0.5) is 0 Å². The summed E-state index contributed by atoms with van der Waals surface area (Å²) in [5.41, 5.74) is -1.22. The van der Waals surface area contributed by atoms with Crippen LogP contribution in [0.3, 0.4) is 0 Å². The molecule has 1 saturated heterocycles. The summed E-state index contributed by atoms with van der Waals surface area (Å²) in [6.07, 6.45) is 4.52. The van der Waals surface area contributed by atoms with Gasteiger partial charge in [-0.1, -0.05) is 18.2 Å². The summed E-state index contributed by atoms with van der Waals surface area (Å²) in [5.74, 6) is -0.922. The Balaban J connectivity index is 2.06. The number of nitrogens with zero attached hydrogens (tertiary/aromatic N) is 1. The molecule has 25 heavy (non-hydrogen) atoms. The molecule has 0 amide bonds. The van der Waals surface area contributed by atoms with Gasteiger partial charge in [0.1, 0.15) is 5.75 Å². The second-order valence-corrected chi connectivity index (χ2v) is 8.67. The molecule has 1 N–H and O–H groups in total. The number of hydrogen-bond acceptors (Lipinski definition) is 5. The van der Waals surface area contributed by atoms with Gasteiger partial charge in [0.05, 0.1) is 4.91 Å². The van der Waals surface area contributed by atoms with Crippen molar-refractivity contribution in [2.75, 3.05) is 13.1 Å². The molecule has 0 saturated carbocycles. The van der Waals surface area contributed by atoms with Crippen molar-refractivity contribution >= 4 is 25.7 Å². The summed E-state index contributed by atoms with van der Waals surface area (Å²) in [5, 5.41) is 9.84. The lowest BCUT2D eigenvalue weighted by Crippen LogP contribution is -2.46. The van der Waals surface area contributed by atoms with Gasteiger partial charge in [0, 0.05) is 35.9 Å². The molecule has 1 aromatic carbocycles. The SMILES string of the molecule is O=C(O)C1(Oc2ccccc2)C=C(S(=O)(=O)Cl)C=C(N2CCCC2)C1. The molecule has 0 radical (unpaired) electrons. The Hall–Kier alpha value is -1.99. The molecule has 1 fully saturated rings. The molecule has 0 aromatic heterocycles. The van der Waals surface area contributed by atoms with Crippen LogP contribution >= 0.6 is 10.7 Å². The standard InChI is InChI=1S/C17H18ClNO5S/c18-25(22,23)15-10-13(19-8-4-5-9-19)11-17(12-15,16(20)21)24-14-6-2-1-3-7-14/h1-3,6-7,10,12H,4-5,8-9,11H2,(H,20,21). The third kappa shape index (κ3) is 3.82. The number of allylic oxidation sites excluding steroid dienone is 1. The first-order chi connectivity index (χ1) is 11.8. The fourth-order valence-electron chi connectivity index (χ4n) is 3.10. The Morgan fingerprint density at radius 2 is 1.84 bits per heavy atom. The van der Waals surface area contributed by atoms with E-state index < -0.39 is 20.6 Å². The zero-order chi connectivity index (χ0) is 18.1. The number of carbonyl (C=O) groups is 1. The number of ether oxygens (including phenoxy) is 1. The number of hydrogen-bond donors (Lipinski definition) is 1. The van der Waals surface area contributed by atoms with Crippen LogP contribution in [0.2, 0.25) is 0 Å². The average molecular weight is 384 g/mol. The quantitative estimate of drug-likeness (QED) is 0.787. The molecule has 8 heteroatoms. The number of aliphatic carboxylic acids is 1. The van der Waals surface area contributed by atoms with Crippen molar-refractivity contribution in [3.8, 4) is 5.75 Å². The van der Waals surface area contributed by atoms with Crippen LogP contribution in [-0.4, -0.2) is 43.1 Å². The number of likely N-dealkylation sites (tertiary alicyclic amines) is 1. The molecule has 0 bridgehead atoms. The van der Waals surface area contributed by atoms with E-state index in [0.717, 1.165) is 32.0 Å². The second-order valence-electron chi connectivity index (χ2n) is 6.10. The van der Waals surface area contributed by atoms with E-state index in [0.29, 0.717) is 11.4 Å². The van der Waals surface area contributed by atoms with Crippen LogP contribution in [0.5, 0.6) is 5.75 Å².